The van der Waals surface area contributed by atoms with Crippen molar-refractivity contribution in [3.05, 3.63) is 20.8 Å². The second-order valence-electron chi connectivity index (χ2n) is 4.46. The molecule has 1 aliphatic carbocycles. The van der Waals surface area contributed by atoms with Crippen LogP contribution in [0.2, 0.25) is 0 Å². The minimum Gasteiger partial charge on any atom is -0.396 e. The van der Waals surface area contributed by atoms with Gasteiger partial charge in [-0.15, -0.1) is 11.3 Å². The third-order valence-electron chi connectivity index (χ3n) is 3.43. The highest BCUT2D eigenvalue weighted by atomic mass is 79.9. The molecule has 0 aromatic carbocycles. The van der Waals surface area contributed by atoms with Crippen molar-refractivity contribution in [3.63, 3.8) is 0 Å². The molecule has 16 heavy (non-hydrogen) atoms. The molecule has 90 valence electrons. The van der Waals surface area contributed by atoms with E-state index < -0.39 is 0 Å². The minimum absolute atomic E-state index is 0.356. The summed E-state index contributed by atoms with van der Waals surface area (Å²) in [5, 5.41) is 14.8. The Hall–Kier alpha value is 0.100. The maximum atomic E-state index is 9.23. The summed E-state index contributed by atoms with van der Waals surface area (Å²) in [4.78, 5) is 1.36. The van der Waals surface area contributed by atoms with Crippen molar-refractivity contribution >= 4 is 27.3 Å². The van der Waals surface area contributed by atoms with E-state index in [0.717, 1.165) is 13.1 Å². The Morgan fingerprint density at radius 1 is 1.44 bits per heavy atom. The molecule has 2 rings (SSSR count). The molecule has 2 N–H and O–H groups in total. The van der Waals surface area contributed by atoms with Gasteiger partial charge >= 0.3 is 0 Å². The molecule has 2 atom stereocenters. The molecule has 0 bridgehead atoms. The molecule has 1 fully saturated rings. The molecule has 2 nitrogen and oxygen atoms in total. The Bertz CT molecular complexity index is 329. The van der Waals surface area contributed by atoms with Crippen molar-refractivity contribution in [2.75, 3.05) is 13.2 Å². The number of halogens is 1. The monoisotopic (exact) mass is 303 g/mol. The van der Waals surface area contributed by atoms with E-state index >= 15 is 0 Å². The third-order valence-corrected chi connectivity index (χ3v) is 5.36. The lowest BCUT2D eigenvalue weighted by atomic mass is 9.97. The summed E-state index contributed by atoms with van der Waals surface area (Å²) in [6.07, 6.45) is 3.75. The Morgan fingerprint density at radius 2 is 2.25 bits per heavy atom. The molecule has 0 amide bonds. The predicted octanol–water partition coefficient (Wildman–Crippen LogP) is 3.01. The van der Waals surface area contributed by atoms with Crippen LogP contribution < -0.4 is 5.32 Å². The molecule has 0 aliphatic heterocycles. The van der Waals surface area contributed by atoms with Gasteiger partial charge in [-0.2, -0.15) is 0 Å². The first-order chi connectivity index (χ1) is 7.81. The molecule has 1 saturated carbocycles. The molecule has 4 heteroatoms. The van der Waals surface area contributed by atoms with Gasteiger partial charge in [0.05, 0.1) is 0 Å². The molecular weight excluding hydrogens is 286 g/mol. The highest BCUT2D eigenvalue weighted by molar-refractivity contribution is 9.10. The van der Waals surface area contributed by atoms with Gasteiger partial charge in [-0.05, 0) is 58.6 Å². The van der Waals surface area contributed by atoms with Gasteiger partial charge in [0.1, 0.15) is 0 Å². The Kier molecular flexibility index (Phi) is 4.82. The Morgan fingerprint density at radius 3 is 2.94 bits per heavy atom. The zero-order valence-corrected chi connectivity index (χ0v) is 11.7. The SMILES string of the molecule is OCC1CCCC1CNCc1sccc1Br. The largest absolute Gasteiger partial charge is 0.396 e. The van der Waals surface area contributed by atoms with Crippen LogP contribution in [-0.4, -0.2) is 18.3 Å². The van der Waals surface area contributed by atoms with E-state index in [1.165, 1.54) is 28.6 Å². The van der Waals surface area contributed by atoms with E-state index in [1.54, 1.807) is 11.3 Å². The van der Waals surface area contributed by atoms with Crippen LogP contribution in [-0.2, 0) is 6.54 Å². The van der Waals surface area contributed by atoms with Gasteiger partial charge in [0.2, 0.25) is 0 Å². The van der Waals surface area contributed by atoms with E-state index in [4.69, 9.17) is 0 Å². The number of hydrogen-bond donors (Lipinski definition) is 2. The molecule has 1 aromatic heterocycles. The van der Waals surface area contributed by atoms with E-state index in [-0.39, 0.29) is 0 Å². The van der Waals surface area contributed by atoms with Gasteiger partial charge in [-0.1, -0.05) is 6.42 Å². The van der Waals surface area contributed by atoms with E-state index in [2.05, 4.69) is 32.7 Å². The van der Waals surface area contributed by atoms with Crippen LogP contribution in [0.15, 0.2) is 15.9 Å². The van der Waals surface area contributed by atoms with Crippen LogP contribution in [0.3, 0.4) is 0 Å². The van der Waals surface area contributed by atoms with Crippen molar-refractivity contribution in [1.82, 2.24) is 5.32 Å². The van der Waals surface area contributed by atoms with Crippen LogP contribution in [0.5, 0.6) is 0 Å². The summed E-state index contributed by atoms with van der Waals surface area (Å²) in [6, 6.07) is 2.09. The average Bonchev–Trinajstić information content (AvgIpc) is 2.88. The highest BCUT2D eigenvalue weighted by Gasteiger charge is 2.25. The number of aliphatic hydroxyl groups excluding tert-OH is 1. The molecule has 0 spiro atoms. The van der Waals surface area contributed by atoms with Crippen molar-refractivity contribution < 1.29 is 5.11 Å². The van der Waals surface area contributed by atoms with Gasteiger partial charge in [-0.25, -0.2) is 0 Å². The summed E-state index contributed by atoms with van der Waals surface area (Å²) in [7, 11) is 0. The fourth-order valence-electron chi connectivity index (χ4n) is 2.45. The summed E-state index contributed by atoms with van der Waals surface area (Å²) >= 11 is 5.32. The predicted molar refractivity (Wildman–Crippen MR) is 71.6 cm³/mol. The van der Waals surface area contributed by atoms with Crippen molar-refractivity contribution in [3.8, 4) is 0 Å². The zero-order valence-electron chi connectivity index (χ0n) is 9.29. The van der Waals surface area contributed by atoms with Gasteiger partial charge in [0.15, 0.2) is 0 Å². The van der Waals surface area contributed by atoms with Crippen LogP contribution >= 0.6 is 27.3 Å². The van der Waals surface area contributed by atoms with Crippen LogP contribution in [0.4, 0.5) is 0 Å². The first kappa shape index (κ1) is 12.6. The van der Waals surface area contributed by atoms with Crippen LogP contribution in [0.25, 0.3) is 0 Å². The number of aliphatic hydroxyl groups is 1. The van der Waals surface area contributed by atoms with Crippen LogP contribution in [0, 0.1) is 11.8 Å². The quantitative estimate of drug-likeness (QED) is 0.876. The topological polar surface area (TPSA) is 32.3 Å². The summed E-state index contributed by atoms with van der Waals surface area (Å²) < 4.78 is 1.20. The second-order valence-corrected chi connectivity index (χ2v) is 6.31. The lowest BCUT2D eigenvalue weighted by Gasteiger charge is -2.17. The normalized spacial score (nSPS) is 25.1. The molecule has 1 heterocycles. The fraction of sp³-hybridized carbons (Fsp3) is 0.667. The summed E-state index contributed by atoms with van der Waals surface area (Å²) in [6.45, 7) is 2.33. The first-order valence-electron chi connectivity index (χ1n) is 5.84. The molecular formula is C12H18BrNOS. The number of hydrogen-bond acceptors (Lipinski definition) is 3. The molecule has 2 unspecified atom stereocenters. The van der Waals surface area contributed by atoms with Gasteiger partial charge in [-0.3, -0.25) is 0 Å². The standard InChI is InChI=1S/C12H18BrNOS/c13-11-4-5-16-12(11)7-14-6-9-2-1-3-10(9)8-15/h4-5,9-10,14-15H,1-3,6-8H2. The molecule has 0 radical (unpaired) electrons. The van der Waals surface area contributed by atoms with E-state index in [0.29, 0.717) is 18.4 Å². The Labute approximate surface area is 109 Å². The number of rotatable bonds is 5. The fourth-order valence-corrected chi connectivity index (χ4v) is 3.91. The van der Waals surface area contributed by atoms with E-state index in [9.17, 15) is 5.11 Å². The smallest absolute Gasteiger partial charge is 0.0462 e. The van der Waals surface area contributed by atoms with E-state index in [1.807, 2.05) is 0 Å². The maximum absolute atomic E-state index is 9.23. The first-order valence-corrected chi connectivity index (χ1v) is 7.52. The summed E-state index contributed by atoms with van der Waals surface area (Å²) in [5.74, 6) is 1.20. The number of thiophene rings is 1. The van der Waals surface area contributed by atoms with Gasteiger partial charge < -0.3 is 10.4 Å². The van der Waals surface area contributed by atoms with Gasteiger partial charge in [0.25, 0.3) is 0 Å². The highest BCUT2D eigenvalue weighted by Crippen LogP contribution is 2.31. The molecule has 1 aliphatic rings. The third kappa shape index (κ3) is 3.06. The summed E-state index contributed by atoms with van der Waals surface area (Å²) in [5.41, 5.74) is 0. The molecule has 0 saturated heterocycles. The van der Waals surface area contributed by atoms with Crippen molar-refractivity contribution in [2.24, 2.45) is 11.8 Å². The van der Waals surface area contributed by atoms with Crippen LogP contribution in [0.1, 0.15) is 24.1 Å². The zero-order chi connectivity index (χ0) is 11.4. The van der Waals surface area contributed by atoms with Gasteiger partial charge in [0, 0.05) is 22.5 Å². The lowest BCUT2D eigenvalue weighted by molar-refractivity contribution is 0.192. The average molecular weight is 304 g/mol. The lowest BCUT2D eigenvalue weighted by Crippen LogP contribution is -2.26. The van der Waals surface area contributed by atoms with Crippen molar-refractivity contribution in [2.45, 2.75) is 25.8 Å². The minimum atomic E-state index is 0.356. The molecule has 1 aromatic rings. The Balaban J connectivity index is 1.74. The maximum Gasteiger partial charge on any atom is 0.0462 e. The number of nitrogens with one attached hydrogen (secondary N) is 1. The second kappa shape index (κ2) is 6.15. The van der Waals surface area contributed by atoms with Crippen molar-refractivity contribution in [1.29, 1.82) is 0 Å².